The highest BCUT2D eigenvalue weighted by Gasteiger charge is 2.14. The van der Waals surface area contributed by atoms with Crippen LogP contribution in [0.25, 0.3) is 22.3 Å². The van der Waals surface area contributed by atoms with Crippen LogP contribution >= 0.6 is 15.9 Å². The SMILES string of the molecule is CC(Br)c1cccc(-c2ccccc2)c1-c1ccccc1. The number of benzene rings is 3. The lowest BCUT2D eigenvalue weighted by Gasteiger charge is -2.17. The van der Waals surface area contributed by atoms with Crippen molar-refractivity contribution in [2.24, 2.45) is 0 Å². The molecule has 0 N–H and O–H groups in total. The molecule has 3 aromatic carbocycles. The monoisotopic (exact) mass is 336 g/mol. The normalized spacial score (nSPS) is 12.1. The average molecular weight is 337 g/mol. The summed E-state index contributed by atoms with van der Waals surface area (Å²) in [6.07, 6.45) is 0. The highest BCUT2D eigenvalue weighted by Crippen LogP contribution is 2.39. The Morgan fingerprint density at radius 2 is 1.24 bits per heavy atom. The third-order valence-corrected chi connectivity index (χ3v) is 4.17. The van der Waals surface area contributed by atoms with Crippen molar-refractivity contribution in [2.75, 3.05) is 0 Å². The van der Waals surface area contributed by atoms with Crippen LogP contribution in [0.4, 0.5) is 0 Å². The lowest BCUT2D eigenvalue weighted by molar-refractivity contribution is 1.13. The van der Waals surface area contributed by atoms with Crippen molar-refractivity contribution in [3.8, 4) is 22.3 Å². The van der Waals surface area contributed by atoms with Gasteiger partial charge in [-0.2, -0.15) is 0 Å². The quantitative estimate of drug-likeness (QED) is 0.480. The molecule has 0 bridgehead atoms. The van der Waals surface area contributed by atoms with E-state index in [1.807, 2.05) is 0 Å². The second-order valence-electron chi connectivity index (χ2n) is 5.12. The number of hydrogen-bond acceptors (Lipinski definition) is 0. The zero-order valence-electron chi connectivity index (χ0n) is 12.0. The van der Waals surface area contributed by atoms with Gasteiger partial charge < -0.3 is 0 Å². The van der Waals surface area contributed by atoms with Crippen LogP contribution in [0.1, 0.15) is 17.3 Å². The topological polar surface area (TPSA) is 0 Å². The van der Waals surface area contributed by atoms with Gasteiger partial charge in [-0.05, 0) is 34.7 Å². The minimum Gasteiger partial charge on any atom is -0.0842 e. The molecular formula is C20H17Br. The lowest BCUT2D eigenvalue weighted by Crippen LogP contribution is -1.93. The molecule has 0 saturated heterocycles. The second kappa shape index (κ2) is 6.28. The second-order valence-corrected chi connectivity index (χ2v) is 6.49. The third-order valence-electron chi connectivity index (χ3n) is 3.67. The van der Waals surface area contributed by atoms with Gasteiger partial charge in [-0.25, -0.2) is 0 Å². The third kappa shape index (κ3) is 2.93. The summed E-state index contributed by atoms with van der Waals surface area (Å²) in [5, 5.41) is 0. The first-order valence-electron chi connectivity index (χ1n) is 7.15. The highest BCUT2D eigenvalue weighted by atomic mass is 79.9. The summed E-state index contributed by atoms with van der Waals surface area (Å²) >= 11 is 3.74. The molecule has 0 aliphatic carbocycles. The van der Waals surface area contributed by atoms with Crippen LogP contribution in [0.15, 0.2) is 78.9 Å². The molecule has 0 radical (unpaired) electrons. The summed E-state index contributed by atoms with van der Waals surface area (Å²) < 4.78 is 0. The summed E-state index contributed by atoms with van der Waals surface area (Å²) in [4.78, 5) is 0.316. The van der Waals surface area contributed by atoms with Gasteiger partial charge >= 0.3 is 0 Å². The highest BCUT2D eigenvalue weighted by molar-refractivity contribution is 9.09. The molecule has 0 amide bonds. The molecule has 3 rings (SSSR count). The largest absolute Gasteiger partial charge is 0.0842 e. The molecule has 104 valence electrons. The number of rotatable bonds is 3. The minimum absolute atomic E-state index is 0.316. The Labute approximate surface area is 134 Å². The number of alkyl halides is 1. The van der Waals surface area contributed by atoms with E-state index in [0.29, 0.717) is 4.83 Å². The molecule has 0 heterocycles. The van der Waals surface area contributed by atoms with Crippen LogP contribution in [0.2, 0.25) is 0 Å². The smallest absolute Gasteiger partial charge is 0.0373 e. The van der Waals surface area contributed by atoms with E-state index in [4.69, 9.17) is 0 Å². The first kappa shape index (κ1) is 14.1. The van der Waals surface area contributed by atoms with E-state index in [1.165, 1.54) is 27.8 Å². The van der Waals surface area contributed by atoms with E-state index in [1.54, 1.807) is 0 Å². The first-order valence-corrected chi connectivity index (χ1v) is 8.07. The van der Waals surface area contributed by atoms with Crippen LogP contribution in [-0.4, -0.2) is 0 Å². The van der Waals surface area contributed by atoms with Crippen molar-refractivity contribution in [2.45, 2.75) is 11.8 Å². The minimum atomic E-state index is 0.316. The summed E-state index contributed by atoms with van der Waals surface area (Å²) in [7, 11) is 0. The summed E-state index contributed by atoms with van der Waals surface area (Å²) in [5.74, 6) is 0. The molecule has 0 nitrogen and oxygen atoms in total. The zero-order chi connectivity index (χ0) is 14.7. The molecule has 1 heteroatoms. The van der Waals surface area contributed by atoms with Crippen molar-refractivity contribution in [1.82, 2.24) is 0 Å². The fourth-order valence-corrected chi connectivity index (χ4v) is 3.07. The van der Waals surface area contributed by atoms with Crippen molar-refractivity contribution in [3.63, 3.8) is 0 Å². The van der Waals surface area contributed by atoms with E-state index >= 15 is 0 Å². The maximum absolute atomic E-state index is 3.74. The maximum Gasteiger partial charge on any atom is 0.0373 e. The summed E-state index contributed by atoms with van der Waals surface area (Å²) in [6, 6.07) is 27.7. The number of halogens is 1. The van der Waals surface area contributed by atoms with Gasteiger partial charge in [0.05, 0.1) is 0 Å². The Morgan fingerprint density at radius 1 is 0.667 bits per heavy atom. The Kier molecular flexibility index (Phi) is 4.21. The van der Waals surface area contributed by atoms with Gasteiger partial charge in [0.1, 0.15) is 0 Å². The van der Waals surface area contributed by atoms with E-state index in [9.17, 15) is 0 Å². The van der Waals surface area contributed by atoms with Crippen LogP contribution in [0.3, 0.4) is 0 Å². The molecule has 0 spiro atoms. The van der Waals surface area contributed by atoms with Gasteiger partial charge in [-0.3, -0.25) is 0 Å². The fraction of sp³-hybridized carbons (Fsp3) is 0.100. The fourth-order valence-electron chi connectivity index (χ4n) is 2.69. The van der Waals surface area contributed by atoms with Crippen molar-refractivity contribution in [3.05, 3.63) is 84.4 Å². The molecule has 1 atom stereocenters. The van der Waals surface area contributed by atoms with Crippen LogP contribution in [0, 0.1) is 0 Å². The van der Waals surface area contributed by atoms with Gasteiger partial charge in [0.2, 0.25) is 0 Å². The predicted octanol–water partition coefficient (Wildman–Crippen LogP) is 6.48. The first-order chi connectivity index (χ1) is 10.3. The van der Waals surface area contributed by atoms with Crippen LogP contribution < -0.4 is 0 Å². The zero-order valence-corrected chi connectivity index (χ0v) is 13.5. The molecule has 0 aromatic heterocycles. The van der Waals surface area contributed by atoms with E-state index in [2.05, 4.69) is 102 Å². The van der Waals surface area contributed by atoms with Gasteiger partial charge in [0, 0.05) is 4.83 Å². The predicted molar refractivity (Wildman–Crippen MR) is 94.7 cm³/mol. The van der Waals surface area contributed by atoms with E-state index < -0.39 is 0 Å². The van der Waals surface area contributed by atoms with Gasteiger partial charge in [0.15, 0.2) is 0 Å². The molecule has 0 saturated carbocycles. The molecule has 3 aromatic rings. The Balaban J connectivity index is 2.28. The summed E-state index contributed by atoms with van der Waals surface area (Å²) in [6.45, 7) is 2.18. The molecule has 0 aliphatic rings. The molecule has 0 fully saturated rings. The van der Waals surface area contributed by atoms with Gasteiger partial charge in [0.25, 0.3) is 0 Å². The lowest BCUT2D eigenvalue weighted by atomic mass is 9.89. The summed E-state index contributed by atoms with van der Waals surface area (Å²) in [5.41, 5.74) is 6.44. The molecule has 1 unspecified atom stereocenters. The van der Waals surface area contributed by atoms with Gasteiger partial charge in [-0.1, -0.05) is 94.8 Å². The van der Waals surface area contributed by atoms with Crippen LogP contribution in [-0.2, 0) is 0 Å². The Bertz CT molecular complexity index is 715. The average Bonchev–Trinajstić information content (AvgIpc) is 2.55. The number of hydrogen-bond donors (Lipinski definition) is 0. The Morgan fingerprint density at radius 3 is 1.81 bits per heavy atom. The molecule has 0 aliphatic heterocycles. The maximum atomic E-state index is 3.74. The molecule has 21 heavy (non-hydrogen) atoms. The standard InChI is InChI=1S/C20H17Br/c1-15(21)18-13-8-14-19(16-9-4-2-5-10-16)20(18)17-11-6-3-7-12-17/h2-15H,1H3. The van der Waals surface area contributed by atoms with Crippen molar-refractivity contribution >= 4 is 15.9 Å². The van der Waals surface area contributed by atoms with Crippen LogP contribution in [0.5, 0.6) is 0 Å². The Hall–Kier alpha value is -1.86. The van der Waals surface area contributed by atoms with E-state index in [0.717, 1.165) is 0 Å². The van der Waals surface area contributed by atoms with Crippen molar-refractivity contribution < 1.29 is 0 Å². The van der Waals surface area contributed by atoms with Crippen molar-refractivity contribution in [1.29, 1.82) is 0 Å². The van der Waals surface area contributed by atoms with Gasteiger partial charge in [-0.15, -0.1) is 0 Å². The molecular weight excluding hydrogens is 320 g/mol. The van der Waals surface area contributed by atoms with E-state index in [-0.39, 0.29) is 0 Å².